The molecule has 2 rings (SSSR count). The van der Waals surface area contributed by atoms with E-state index < -0.39 is 0 Å². The van der Waals surface area contributed by atoms with E-state index in [0.29, 0.717) is 11.4 Å². The van der Waals surface area contributed by atoms with Gasteiger partial charge in [0.15, 0.2) is 0 Å². The summed E-state index contributed by atoms with van der Waals surface area (Å²) in [6, 6.07) is 9.47. The molecule has 6 heteroatoms. The Morgan fingerprint density at radius 1 is 1.45 bits per heavy atom. The molecule has 0 bridgehead atoms. The van der Waals surface area contributed by atoms with Crippen LogP contribution in [0.15, 0.2) is 29.8 Å². The van der Waals surface area contributed by atoms with Gasteiger partial charge in [-0.3, -0.25) is 4.99 Å². The van der Waals surface area contributed by atoms with Crippen LogP contribution in [0.2, 0.25) is 0 Å². The molecule has 1 heterocycles. The van der Waals surface area contributed by atoms with Crippen molar-refractivity contribution >= 4 is 23.8 Å². The summed E-state index contributed by atoms with van der Waals surface area (Å²) in [5, 5.41) is 22.4. The summed E-state index contributed by atoms with van der Waals surface area (Å²) in [6.07, 6.45) is 3.37. The molecular formula is C16H14N6. The van der Waals surface area contributed by atoms with Gasteiger partial charge in [0, 0.05) is 11.8 Å². The summed E-state index contributed by atoms with van der Waals surface area (Å²) >= 11 is 0. The number of hydrogen-bond acceptors (Lipinski definition) is 5. The van der Waals surface area contributed by atoms with Crippen LogP contribution >= 0.6 is 0 Å². The van der Waals surface area contributed by atoms with Gasteiger partial charge in [0.05, 0.1) is 29.6 Å². The maximum atomic E-state index is 9.22. The van der Waals surface area contributed by atoms with Crippen LogP contribution in [-0.2, 0) is 6.42 Å². The van der Waals surface area contributed by atoms with Crippen LogP contribution in [0, 0.1) is 22.7 Å². The SMILES string of the molecule is C=Cc1c(N=CC)cccc1-n1nc(CC#N)c(C#N)c1N. The van der Waals surface area contributed by atoms with Crippen molar-refractivity contribution in [2.24, 2.45) is 4.99 Å². The van der Waals surface area contributed by atoms with Gasteiger partial charge in [0.1, 0.15) is 17.5 Å². The Morgan fingerprint density at radius 2 is 2.23 bits per heavy atom. The van der Waals surface area contributed by atoms with Crippen LogP contribution in [0.25, 0.3) is 11.8 Å². The maximum absolute atomic E-state index is 9.22. The Balaban J connectivity index is 2.73. The van der Waals surface area contributed by atoms with Crippen molar-refractivity contribution in [1.82, 2.24) is 9.78 Å². The van der Waals surface area contributed by atoms with E-state index in [1.807, 2.05) is 37.3 Å². The summed E-state index contributed by atoms with van der Waals surface area (Å²) in [6.45, 7) is 5.62. The lowest BCUT2D eigenvalue weighted by Crippen LogP contribution is -2.04. The van der Waals surface area contributed by atoms with Gasteiger partial charge in [-0.05, 0) is 19.1 Å². The van der Waals surface area contributed by atoms with Gasteiger partial charge in [0.25, 0.3) is 0 Å². The zero-order valence-corrected chi connectivity index (χ0v) is 12.1. The minimum absolute atomic E-state index is 0.0241. The summed E-state index contributed by atoms with van der Waals surface area (Å²) < 4.78 is 1.46. The fourth-order valence-electron chi connectivity index (χ4n) is 2.17. The first-order valence-corrected chi connectivity index (χ1v) is 6.56. The van der Waals surface area contributed by atoms with E-state index in [0.717, 1.165) is 11.3 Å². The zero-order valence-electron chi connectivity index (χ0n) is 12.1. The second-order valence-corrected chi connectivity index (χ2v) is 4.37. The molecule has 0 aliphatic carbocycles. The standard InChI is InChI=1S/C16H14N6/c1-3-11-13(20-4-2)6-5-7-15(11)22-16(19)12(10-18)14(21-22)8-9-17/h3-7H,1,8,19H2,2H3. The van der Waals surface area contributed by atoms with E-state index in [1.54, 1.807) is 12.3 Å². The lowest BCUT2D eigenvalue weighted by molar-refractivity contribution is 0.860. The average molecular weight is 290 g/mol. The average Bonchev–Trinajstić information content (AvgIpc) is 2.83. The van der Waals surface area contributed by atoms with Crippen molar-refractivity contribution in [3.05, 3.63) is 41.6 Å². The van der Waals surface area contributed by atoms with Gasteiger partial charge >= 0.3 is 0 Å². The van der Waals surface area contributed by atoms with Crippen molar-refractivity contribution in [2.75, 3.05) is 5.73 Å². The number of nitrogens with zero attached hydrogens (tertiary/aromatic N) is 5. The molecule has 2 N–H and O–H groups in total. The largest absolute Gasteiger partial charge is 0.382 e. The molecule has 2 aromatic rings. The Kier molecular flexibility index (Phi) is 4.36. The molecule has 0 radical (unpaired) electrons. The molecule has 6 nitrogen and oxygen atoms in total. The van der Waals surface area contributed by atoms with Crippen molar-refractivity contribution < 1.29 is 0 Å². The highest BCUT2D eigenvalue weighted by atomic mass is 15.3. The van der Waals surface area contributed by atoms with Crippen LogP contribution in [-0.4, -0.2) is 16.0 Å². The van der Waals surface area contributed by atoms with Crippen molar-refractivity contribution in [3.8, 4) is 17.8 Å². The molecule has 0 aliphatic heterocycles. The Hall–Kier alpha value is -3.38. The number of nitriles is 2. The van der Waals surface area contributed by atoms with Crippen LogP contribution < -0.4 is 5.73 Å². The molecule has 1 aromatic carbocycles. The van der Waals surface area contributed by atoms with E-state index in [-0.39, 0.29) is 17.8 Å². The number of benzene rings is 1. The lowest BCUT2D eigenvalue weighted by atomic mass is 10.1. The Bertz CT molecular complexity index is 830. The van der Waals surface area contributed by atoms with E-state index in [2.05, 4.69) is 16.7 Å². The van der Waals surface area contributed by atoms with E-state index in [9.17, 15) is 5.26 Å². The van der Waals surface area contributed by atoms with E-state index >= 15 is 0 Å². The predicted molar refractivity (Wildman–Crippen MR) is 85.9 cm³/mol. The van der Waals surface area contributed by atoms with Gasteiger partial charge < -0.3 is 5.73 Å². The second-order valence-electron chi connectivity index (χ2n) is 4.37. The predicted octanol–water partition coefficient (Wildman–Crippen LogP) is 2.76. The lowest BCUT2D eigenvalue weighted by Gasteiger charge is -2.10. The number of nitrogen functional groups attached to an aromatic ring is 1. The Labute approximate surface area is 128 Å². The highest BCUT2D eigenvalue weighted by Gasteiger charge is 2.18. The molecule has 0 atom stereocenters. The summed E-state index contributed by atoms with van der Waals surface area (Å²) in [5.74, 6) is 0.202. The van der Waals surface area contributed by atoms with Crippen LogP contribution in [0.1, 0.15) is 23.7 Å². The number of anilines is 1. The first-order valence-electron chi connectivity index (χ1n) is 6.56. The van der Waals surface area contributed by atoms with Gasteiger partial charge in [-0.15, -0.1) is 0 Å². The first kappa shape index (κ1) is 15.0. The zero-order chi connectivity index (χ0) is 16.1. The third kappa shape index (κ3) is 2.46. The number of hydrogen-bond donors (Lipinski definition) is 1. The fraction of sp³-hybridized carbons (Fsp3) is 0.125. The van der Waals surface area contributed by atoms with Crippen LogP contribution in [0.4, 0.5) is 11.5 Å². The van der Waals surface area contributed by atoms with Gasteiger partial charge in [-0.2, -0.15) is 15.6 Å². The third-order valence-electron chi connectivity index (χ3n) is 3.11. The van der Waals surface area contributed by atoms with E-state index in [4.69, 9.17) is 11.0 Å². The topological polar surface area (TPSA) is 104 Å². The molecule has 0 fully saturated rings. The highest BCUT2D eigenvalue weighted by Crippen LogP contribution is 2.29. The number of rotatable bonds is 4. The van der Waals surface area contributed by atoms with E-state index in [1.165, 1.54) is 4.68 Å². The molecule has 0 unspecified atom stereocenters. The normalized spacial score (nSPS) is 10.3. The van der Waals surface area contributed by atoms with Crippen molar-refractivity contribution in [3.63, 3.8) is 0 Å². The van der Waals surface area contributed by atoms with Crippen molar-refractivity contribution in [1.29, 1.82) is 10.5 Å². The smallest absolute Gasteiger partial charge is 0.145 e. The highest BCUT2D eigenvalue weighted by molar-refractivity contribution is 5.75. The molecular weight excluding hydrogens is 276 g/mol. The van der Waals surface area contributed by atoms with Crippen LogP contribution in [0.3, 0.4) is 0 Å². The minimum atomic E-state index is 0.0241. The molecule has 0 saturated carbocycles. The molecule has 0 amide bonds. The summed E-state index contributed by atoms with van der Waals surface area (Å²) in [4.78, 5) is 4.28. The van der Waals surface area contributed by atoms with Gasteiger partial charge in [0.2, 0.25) is 0 Å². The molecule has 1 aromatic heterocycles. The third-order valence-corrected chi connectivity index (χ3v) is 3.11. The number of nitrogens with two attached hydrogens (primary N) is 1. The summed E-state index contributed by atoms with van der Waals surface area (Å²) in [5.41, 5.74) is 8.75. The second kappa shape index (κ2) is 6.38. The molecule has 108 valence electrons. The maximum Gasteiger partial charge on any atom is 0.145 e. The first-order chi connectivity index (χ1) is 10.7. The van der Waals surface area contributed by atoms with Gasteiger partial charge in [-0.25, -0.2) is 4.68 Å². The number of aromatic nitrogens is 2. The monoisotopic (exact) mass is 290 g/mol. The summed E-state index contributed by atoms with van der Waals surface area (Å²) in [7, 11) is 0. The molecule has 22 heavy (non-hydrogen) atoms. The minimum Gasteiger partial charge on any atom is -0.382 e. The molecule has 0 saturated heterocycles. The van der Waals surface area contributed by atoms with Crippen LogP contribution in [0.5, 0.6) is 0 Å². The van der Waals surface area contributed by atoms with Gasteiger partial charge in [-0.1, -0.05) is 18.7 Å². The van der Waals surface area contributed by atoms with Crippen molar-refractivity contribution in [2.45, 2.75) is 13.3 Å². The molecule has 0 spiro atoms. The quantitative estimate of drug-likeness (QED) is 0.874. The number of aliphatic imine (C=N–C) groups is 1. The Morgan fingerprint density at radius 3 is 2.82 bits per heavy atom. The fourth-order valence-corrected chi connectivity index (χ4v) is 2.17. The molecule has 0 aliphatic rings.